The second-order valence-corrected chi connectivity index (χ2v) is 3.70. The number of aliphatic hydroxyl groups excluding tert-OH is 2. The van der Waals surface area contributed by atoms with Crippen LogP contribution >= 0.6 is 11.6 Å². The van der Waals surface area contributed by atoms with E-state index in [0.717, 1.165) is 5.56 Å². The fraction of sp³-hybridized carbons (Fsp3) is 0.455. The SMILES string of the molecule is CC(O)c1ccc(OCCCO)c(Cl)c1. The summed E-state index contributed by atoms with van der Waals surface area (Å²) < 4.78 is 5.34. The van der Waals surface area contributed by atoms with E-state index in [2.05, 4.69) is 0 Å². The van der Waals surface area contributed by atoms with Gasteiger partial charge in [0.15, 0.2) is 0 Å². The zero-order chi connectivity index (χ0) is 11.3. The number of halogens is 1. The molecule has 4 heteroatoms. The molecule has 0 aliphatic heterocycles. The summed E-state index contributed by atoms with van der Waals surface area (Å²) in [6, 6.07) is 5.17. The van der Waals surface area contributed by atoms with Crippen LogP contribution in [0.1, 0.15) is 25.0 Å². The van der Waals surface area contributed by atoms with Gasteiger partial charge in [-0.05, 0) is 24.6 Å². The lowest BCUT2D eigenvalue weighted by atomic mass is 10.1. The first-order chi connectivity index (χ1) is 7.15. The van der Waals surface area contributed by atoms with E-state index < -0.39 is 6.10 Å². The minimum Gasteiger partial charge on any atom is -0.492 e. The molecule has 0 heterocycles. The predicted molar refractivity (Wildman–Crippen MR) is 59.3 cm³/mol. The van der Waals surface area contributed by atoms with Gasteiger partial charge in [-0.2, -0.15) is 0 Å². The molecule has 0 amide bonds. The normalized spacial score (nSPS) is 12.5. The zero-order valence-electron chi connectivity index (χ0n) is 8.61. The molecule has 0 bridgehead atoms. The van der Waals surface area contributed by atoms with Crippen LogP contribution in [0.15, 0.2) is 18.2 Å². The zero-order valence-corrected chi connectivity index (χ0v) is 9.37. The smallest absolute Gasteiger partial charge is 0.137 e. The fourth-order valence-corrected chi connectivity index (χ4v) is 1.38. The van der Waals surface area contributed by atoms with E-state index in [4.69, 9.17) is 21.4 Å². The van der Waals surface area contributed by atoms with Crippen molar-refractivity contribution in [3.05, 3.63) is 28.8 Å². The minimum atomic E-state index is -0.533. The molecule has 2 N–H and O–H groups in total. The molecule has 0 aliphatic carbocycles. The molecule has 15 heavy (non-hydrogen) atoms. The highest BCUT2D eigenvalue weighted by atomic mass is 35.5. The quantitative estimate of drug-likeness (QED) is 0.763. The van der Waals surface area contributed by atoms with Gasteiger partial charge in [0.05, 0.1) is 17.7 Å². The molecule has 0 aromatic heterocycles. The van der Waals surface area contributed by atoms with Crippen LogP contribution in [-0.2, 0) is 0 Å². The molecular weight excluding hydrogens is 216 g/mol. The van der Waals surface area contributed by atoms with Crippen LogP contribution < -0.4 is 4.74 Å². The van der Waals surface area contributed by atoms with Crippen LogP contribution in [0, 0.1) is 0 Å². The summed E-state index contributed by atoms with van der Waals surface area (Å²) in [6.07, 6.45) is 0.0445. The molecule has 1 aromatic rings. The van der Waals surface area contributed by atoms with Crippen molar-refractivity contribution in [3.63, 3.8) is 0 Å². The van der Waals surface area contributed by atoms with Gasteiger partial charge in [0.2, 0.25) is 0 Å². The monoisotopic (exact) mass is 230 g/mol. The summed E-state index contributed by atoms with van der Waals surface area (Å²) in [5, 5.41) is 18.4. The highest BCUT2D eigenvalue weighted by Crippen LogP contribution is 2.27. The molecule has 0 saturated heterocycles. The van der Waals surface area contributed by atoms with Gasteiger partial charge in [-0.15, -0.1) is 0 Å². The Morgan fingerprint density at radius 1 is 1.47 bits per heavy atom. The third-order valence-electron chi connectivity index (χ3n) is 2.00. The van der Waals surface area contributed by atoms with Gasteiger partial charge in [0, 0.05) is 13.0 Å². The highest BCUT2D eigenvalue weighted by Gasteiger charge is 2.06. The Bertz CT molecular complexity index is 313. The molecule has 1 atom stereocenters. The number of aliphatic hydroxyl groups is 2. The molecule has 1 aromatic carbocycles. The van der Waals surface area contributed by atoms with Gasteiger partial charge >= 0.3 is 0 Å². The Balaban J connectivity index is 2.66. The maximum atomic E-state index is 9.32. The molecule has 0 radical (unpaired) electrons. The third kappa shape index (κ3) is 3.70. The van der Waals surface area contributed by atoms with Crippen LogP contribution in [0.5, 0.6) is 5.75 Å². The van der Waals surface area contributed by atoms with Gasteiger partial charge in [-0.3, -0.25) is 0 Å². The molecular formula is C11H15ClO3. The first-order valence-electron chi connectivity index (χ1n) is 4.86. The van der Waals surface area contributed by atoms with E-state index >= 15 is 0 Å². The average Bonchev–Trinajstić information content (AvgIpc) is 2.20. The number of benzene rings is 1. The van der Waals surface area contributed by atoms with Gasteiger partial charge in [0.1, 0.15) is 5.75 Å². The number of ether oxygens (including phenoxy) is 1. The number of hydrogen-bond acceptors (Lipinski definition) is 3. The van der Waals surface area contributed by atoms with E-state index in [1.54, 1.807) is 25.1 Å². The van der Waals surface area contributed by atoms with Crippen molar-refractivity contribution in [2.45, 2.75) is 19.4 Å². The lowest BCUT2D eigenvalue weighted by molar-refractivity contribution is 0.199. The van der Waals surface area contributed by atoms with Crippen molar-refractivity contribution in [2.75, 3.05) is 13.2 Å². The van der Waals surface area contributed by atoms with Crippen LogP contribution in [-0.4, -0.2) is 23.4 Å². The van der Waals surface area contributed by atoms with Gasteiger partial charge < -0.3 is 14.9 Å². The Labute approximate surface area is 94.3 Å². The lowest BCUT2D eigenvalue weighted by Crippen LogP contribution is -2.00. The maximum absolute atomic E-state index is 9.32. The van der Waals surface area contributed by atoms with Crippen LogP contribution in [0.4, 0.5) is 0 Å². The molecule has 0 saturated carbocycles. The summed E-state index contributed by atoms with van der Waals surface area (Å²) >= 11 is 5.95. The van der Waals surface area contributed by atoms with Gasteiger partial charge in [-0.1, -0.05) is 17.7 Å². The molecule has 0 aliphatic rings. The average molecular weight is 231 g/mol. The maximum Gasteiger partial charge on any atom is 0.137 e. The summed E-state index contributed by atoms with van der Waals surface area (Å²) in [7, 11) is 0. The Morgan fingerprint density at radius 3 is 2.73 bits per heavy atom. The summed E-state index contributed by atoms with van der Waals surface area (Å²) in [5.41, 5.74) is 0.759. The second kappa shape index (κ2) is 5.95. The van der Waals surface area contributed by atoms with Crippen molar-refractivity contribution in [1.29, 1.82) is 0 Å². The predicted octanol–water partition coefficient (Wildman–Crippen LogP) is 2.15. The van der Waals surface area contributed by atoms with Gasteiger partial charge in [0.25, 0.3) is 0 Å². The van der Waals surface area contributed by atoms with E-state index in [9.17, 15) is 5.11 Å². The van der Waals surface area contributed by atoms with Crippen molar-refractivity contribution in [2.24, 2.45) is 0 Å². The number of hydrogen-bond donors (Lipinski definition) is 2. The summed E-state index contributed by atoms with van der Waals surface area (Å²) in [6.45, 7) is 2.21. The highest BCUT2D eigenvalue weighted by molar-refractivity contribution is 6.32. The lowest BCUT2D eigenvalue weighted by Gasteiger charge is -2.10. The Kier molecular flexibility index (Phi) is 4.88. The Morgan fingerprint density at radius 2 is 2.20 bits per heavy atom. The second-order valence-electron chi connectivity index (χ2n) is 3.29. The minimum absolute atomic E-state index is 0.101. The topological polar surface area (TPSA) is 49.7 Å². The van der Waals surface area contributed by atoms with Crippen molar-refractivity contribution < 1.29 is 14.9 Å². The van der Waals surface area contributed by atoms with E-state index in [1.165, 1.54) is 0 Å². The standard InChI is InChI=1S/C11H15ClO3/c1-8(14)9-3-4-11(10(12)7-9)15-6-2-5-13/h3-4,7-8,13-14H,2,5-6H2,1H3. The third-order valence-corrected chi connectivity index (χ3v) is 2.29. The first kappa shape index (κ1) is 12.3. The van der Waals surface area contributed by atoms with Crippen LogP contribution in [0.25, 0.3) is 0 Å². The van der Waals surface area contributed by atoms with E-state index in [0.29, 0.717) is 23.8 Å². The van der Waals surface area contributed by atoms with Crippen molar-refractivity contribution in [3.8, 4) is 5.75 Å². The molecule has 0 fully saturated rings. The van der Waals surface area contributed by atoms with Crippen LogP contribution in [0.3, 0.4) is 0 Å². The van der Waals surface area contributed by atoms with Crippen molar-refractivity contribution in [1.82, 2.24) is 0 Å². The molecule has 0 spiro atoms. The largest absolute Gasteiger partial charge is 0.492 e. The van der Waals surface area contributed by atoms with Gasteiger partial charge in [-0.25, -0.2) is 0 Å². The first-order valence-corrected chi connectivity index (χ1v) is 5.24. The summed E-state index contributed by atoms with van der Waals surface area (Å²) in [5.74, 6) is 0.578. The molecule has 1 unspecified atom stereocenters. The van der Waals surface area contributed by atoms with E-state index in [1.807, 2.05) is 0 Å². The van der Waals surface area contributed by atoms with E-state index in [-0.39, 0.29) is 6.61 Å². The fourth-order valence-electron chi connectivity index (χ4n) is 1.14. The number of rotatable bonds is 5. The molecule has 3 nitrogen and oxygen atoms in total. The van der Waals surface area contributed by atoms with Crippen molar-refractivity contribution >= 4 is 11.6 Å². The molecule has 1 rings (SSSR count). The molecule has 84 valence electrons. The van der Waals surface area contributed by atoms with Crippen LogP contribution in [0.2, 0.25) is 5.02 Å². The summed E-state index contributed by atoms with van der Waals surface area (Å²) in [4.78, 5) is 0. The Hall–Kier alpha value is -0.770.